The summed E-state index contributed by atoms with van der Waals surface area (Å²) in [4.78, 5) is 39.0. The van der Waals surface area contributed by atoms with Crippen molar-refractivity contribution in [2.45, 2.75) is 11.9 Å². The lowest BCUT2D eigenvalue weighted by atomic mass is 10.1. The minimum Gasteiger partial charge on any atom is -0.322 e. The molecule has 4 aromatic rings. The Hall–Kier alpha value is -3.07. The fourth-order valence-corrected chi connectivity index (χ4v) is 6.13. The summed E-state index contributed by atoms with van der Waals surface area (Å²) in [6.45, 7) is 0.504. The smallest absolute Gasteiger partial charge is 0.307 e. The molecule has 0 unspecified atom stereocenters. The molecule has 1 aromatic heterocycles. The molecule has 9 heteroatoms. The Kier molecular flexibility index (Phi) is 6.20. The molecular weight excluding hydrogens is 490 g/mol. The van der Waals surface area contributed by atoms with Gasteiger partial charge in [-0.05, 0) is 53.6 Å². The molecule has 6 nitrogen and oxygen atoms in total. The predicted octanol–water partition coefficient (Wildman–Crippen LogP) is 5.28. The Bertz CT molecular complexity index is 1450. The van der Waals surface area contributed by atoms with Gasteiger partial charge in [0.1, 0.15) is 5.37 Å². The number of carbonyl (C=O) groups excluding carboxylic acids is 2. The molecular formula is C25H20ClN3O3S2. The highest BCUT2D eigenvalue weighted by Gasteiger charge is 2.32. The maximum atomic E-state index is 12.8. The average Bonchev–Trinajstić information content (AvgIpc) is 3.33. The molecule has 34 heavy (non-hydrogen) atoms. The molecule has 3 aromatic carbocycles. The van der Waals surface area contributed by atoms with Crippen LogP contribution in [0.5, 0.6) is 0 Å². The minimum atomic E-state index is -0.234. The number of anilines is 1. The van der Waals surface area contributed by atoms with E-state index in [9.17, 15) is 14.4 Å². The first-order valence-corrected chi connectivity index (χ1v) is 12.8. The number of hydrogen-bond donors (Lipinski definition) is 1. The second-order valence-corrected chi connectivity index (χ2v) is 10.5. The maximum absolute atomic E-state index is 12.8. The predicted molar refractivity (Wildman–Crippen MR) is 139 cm³/mol. The van der Waals surface area contributed by atoms with E-state index < -0.39 is 0 Å². The summed E-state index contributed by atoms with van der Waals surface area (Å²) in [6.07, 6.45) is 0. The van der Waals surface area contributed by atoms with Crippen LogP contribution in [0.4, 0.5) is 5.69 Å². The van der Waals surface area contributed by atoms with E-state index in [0.29, 0.717) is 28.6 Å². The molecule has 172 valence electrons. The molecule has 1 N–H and O–H groups in total. The summed E-state index contributed by atoms with van der Waals surface area (Å²) >= 11 is 8.70. The number of rotatable bonds is 5. The van der Waals surface area contributed by atoms with Crippen molar-refractivity contribution in [3.05, 3.63) is 98.1 Å². The van der Waals surface area contributed by atoms with Crippen LogP contribution in [0.15, 0.2) is 71.5 Å². The molecule has 1 aliphatic heterocycles. The standard InChI is InChI=1S/C25H20ClN3O3S2/c1-28-20-11-10-19(12-21(20)34-25(28)32)27-23(31)16-4-6-17(7-5-16)24-29(22(30)14-33-24)13-15-2-8-18(26)9-3-15/h2-12,24H,13-14H2,1H3,(H,27,31)/t24-/m1/s1. The van der Waals surface area contributed by atoms with E-state index in [1.165, 1.54) is 0 Å². The van der Waals surface area contributed by atoms with E-state index >= 15 is 0 Å². The van der Waals surface area contributed by atoms with Crippen molar-refractivity contribution in [3.63, 3.8) is 0 Å². The van der Waals surface area contributed by atoms with Crippen LogP contribution in [0.3, 0.4) is 0 Å². The highest BCUT2D eigenvalue weighted by Crippen LogP contribution is 2.39. The third kappa shape index (κ3) is 4.49. The summed E-state index contributed by atoms with van der Waals surface area (Å²) < 4.78 is 2.41. The second kappa shape index (κ2) is 9.29. The molecule has 0 aliphatic carbocycles. The third-order valence-corrected chi connectivity index (χ3v) is 8.25. The zero-order valence-electron chi connectivity index (χ0n) is 18.2. The van der Waals surface area contributed by atoms with Crippen molar-refractivity contribution in [3.8, 4) is 0 Å². The molecule has 0 radical (unpaired) electrons. The van der Waals surface area contributed by atoms with Crippen LogP contribution in [-0.2, 0) is 18.4 Å². The van der Waals surface area contributed by atoms with Crippen molar-refractivity contribution < 1.29 is 9.59 Å². The number of benzene rings is 3. The molecule has 0 spiro atoms. The van der Waals surface area contributed by atoms with Gasteiger partial charge in [0.05, 0.1) is 16.0 Å². The van der Waals surface area contributed by atoms with E-state index in [0.717, 1.165) is 32.7 Å². The molecule has 1 aliphatic rings. The Labute approximate surface area is 209 Å². The van der Waals surface area contributed by atoms with E-state index in [2.05, 4.69) is 5.32 Å². The van der Waals surface area contributed by atoms with Gasteiger partial charge in [-0.2, -0.15) is 0 Å². The number of nitrogens with one attached hydrogen (secondary N) is 1. The number of thiazole rings is 1. The van der Waals surface area contributed by atoms with Gasteiger partial charge in [-0.3, -0.25) is 14.4 Å². The molecule has 1 fully saturated rings. The first-order chi connectivity index (χ1) is 16.4. The monoisotopic (exact) mass is 509 g/mol. The SMILES string of the molecule is Cn1c(=O)sc2cc(NC(=O)c3ccc([C@H]4SCC(=O)N4Cc4ccc(Cl)cc4)cc3)ccc21. The fourth-order valence-electron chi connectivity index (χ4n) is 3.90. The van der Waals surface area contributed by atoms with Crippen molar-refractivity contribution in [2.75, 3.05) is 11.1 Å². The Balaban J connectivity index is 1.30. The summed E-state index contributed by atoms with van der Waals surface area (Å²) in [5.74, 6) is 0.280. The normalized spacial score (nSPS) is 15.8. The minimum absolute atomic E-state index is 0.0394. The van der Waals surface area contributed by atoms with Crippen LogP contribution in [0.25, 0.3) is 10.2 Å². The topological polar surface area (TPSA) is 71.4 Å². The summed E-state index contributed by atoms with van der Waals surface area (Å²) in [5, 5.41) is 3.45. The second-order valence-electron chi connectivity index (χ2n) is 8.00. The van der Waals surface area contributed by atoms with Gasteiger partial charge in [-0.15, -0.1) is 11.8 Å². The van der Waals surface area contributed by atoms with Crippen molar-refractivity contribution >= 4 is 62.4 Å². The summed E-state index contributed by atoms with van der Waals surface area (Å²) in [6, 6.07) is 20.3. The van der Waals surface area contributed by atoms with Gasteiger partial charge in [-0.25, -0.2) is 0 Å². The number of nitrogens with zero attached hydrogens (tertiary/aromatic N) is 2. The van der Waals surface area contributed by atoms with Gasteiger partial charge >= 0.3 is 4.87 Å². The van der Waals surface area contributed by atoms with E-state index in [4.69, 9.17) is 11.6 Å². The lowest BCUT2D eigenvalue weighted by Crippen LogP contribution is -2.27. The van der Waals surface area contributed by atoms with E-state index in [-0.39, 0.29) is 22.1 Å². The van der Waals surface area contributed by atoms with E-state index in [1.54, 1.807) is 41.6 Å². The van der Waals surface area contributed by atoms with E-state index in [1.807, 2.05) is 53.4 Å². The molecule has 0 bridgehead atoms. The quantitative estimate of drug-likeness (QED) is 0.397. The molecule has 1 saturated heterocycles. The number of fused-ring (bicyclic) bond motifs is 1. The van der Waals surface area contributed by atoms with Gasteiger partial charge in [0.25, 0.3) is 5.91 Å². The zero-order chi connectivity index (χ0) is 23.8. The number of halogens is 1. The van der Waals surface area contributed by atoms with Crippen LogP contribution in [0.1, 0.15) is 26.9 Å². The third-order valence-electron chi connectivity index (χ3n) is 5.74. The van der Waals surface area contributed by atoms with Crippen LogP contribution < -0.4 is 10.2 Å². The number of amides is 2. The first kappa shape index (κ1) is 22.7. The lowest BCUT2D eigenvalue weighted by Gasteiger charge is -2.24. The Morgan fingerprint density at radius 2 is 1.79 bits per heavy atom. The number of aromatic nitrogens is 1. The molecule has 2 heterocycles. The zero-order valence-corrected chi connectivity index (χ0v) is 20.5. The first-order valence-electron chi connectivity index (χ1n) is 10.6. The average molecular weight is 510 g/mol. The number of carbonyl (C=O) groups is 2. The summed E-state index contributed by atoms with van der Waals surface area (Å²) in [5.41, 5.74) is 3.97. The van der Waals surface area contributed by atoms with Crippen molar-refractivity contribution in [1.29, 1.82) is 0 Å². The molecule has 0 saturated carbocycles. The van der Waals surface area contributed by atoms with Gasteiger partial charge in [0.15, 0.2) is 0 Å². The van der Waals surface area contributed by atoms with Crippen LogP contribution in [-0.4, -0.2) is 27.0 Å². The van der Waals surface area contributed by atoms with Gasteiger partial charge in [0, 0.05) is 29.9 Å². The Morgan fingerprint density at radius 1 is 1.06 bits per heavy atom. The van der Waals surface area contributed by atoms with Gasteiger partial charge in [0.2, 0.25) is 5.91 Å². The molecule has 1 atom stereocenters. The molecule has 2 amide bonds. The Morgan fingerprint density at radius 3 is 2.53 bits per heavy atom. The van der Waals surface area contributed by atoms with Gasteiger partial charge < -0.3 is 14.8 Å². The van der Waals surface area contributed by atoms with Crippen LogP contribution in [0.2, 0.25) is 5.02 Å². The highest BCUT2D eigenvalue weighted by molar-refractivity contribution is 8.00. The fraction of sp³-hybridized carbons (Fsp3) is 0.160. The number of aryl methyl sites for hydroxylation is 1. The largest absolute Gasteiger partial charge is 0.322 e. The lowest BCUT2D eigenvalue weighted by molar-refractivity contribution is -0.128. The highest BCUT2D eigenvalue weighted by atomic mass is 35.5. The van der Waals surface area contributed by atoms with Crippen LogP contribution >= 0.6 is 34.7 Å². The van der Waals surface area contributed by atoms with Crippen molar-refractivity contribution in [1.82, 2.24) is 9.47 Å². The van der Waals surface area contributed by atoms with Crippen molar-refractivity contribution in [2.24, 2.45) is 7.05 Å². The number of hydrogen-bond acceptors (Lipinski definition) is 5. The molecule has 5 rings (SSSR count). The van der Waals surface area contributed by atoms with Gasteiger partial charge in [-0.1, -0.05) is 47.2 Å². The maximum Gasteiger partial charge on any atom is 0.307 e. The summed E-state index contributed by atoms with van der Waals surface area (Å²) in [7, 11) is 1.73. The van der Waals surface area contributed by atoms with Crippen LogP contribution in [0, 0.1) is 0 Å². The number of thioether (sulfide) groups is 1.